The number of hydrogen-bond acceptors (Lipinski definition) is 6. The predicted molar refractivity (Wildman–Crippen MR) is 84.4 cm³/mol. The second kappa shape index (κ2) is 6.68. The SMILES string of the molecule is CC1CNCC(C)N1CCCc1nc(-c2cccs2)no1. The number of aromatic nitrogens is 2. The first-order valence-corrected chi connectivity index (χ1v) is 8.45. The molecule has 1 N–H and O–H groups in total. The molecule has 2 aromatic heterocycles. The van der Waals surface area contributed by atoms with Gasteiger partial charge < -0.3 is 9.84 Å². The van der Waals surface area contributed by atoms with Crippen LogP contribution >= 0.6 is 11.3 Å². The van der Waals surface area contributed by atoms with Crippen LogP contribution in [-0.4, -0.2) is 46.8 Å². The maximum absolute atomic E-state index is 5.35. The van der Waals surface area contributed by atoms with Crippen molar-refractivity contribution in [1.82, 2.24) is 20.4 Å². The van der Waals surface area contributed by atoms with Crippen molar-refractivity contribution in [2.45, 2.75) is 38.8 Å². The normalized spacial score (nSPS) is 23.5. The highest BCUT2D eigenvalue weighted by atomic mass is 32.1. The van der Waals surface area contributed by atoms with Gasteiger partial charge in [0.1, 0.15) is 0 Å². The quantitative estimate of drug-likeness (QED) is 0.919. The Labute approximate surface area is 129 Å². The molecule has 2 aromatic rings. The van der Waals surface area contributed by atoms with E-state index in [4.69, 9.17) is 4.52 Å². The van der Waals surface area contributed by atoms with E-state index in [1.54, 1.807) is 11.3 Å². The summed E-state index contributed by atoms with van der Waals surface area (Å²) in [7, 11) is 0. The predicted octanol–water partition coefficient (Wildman–Crippen LogP) is 2.41. The van der Waals surface area contributed by atoms with Crippen molar-refractivity contribution >= 4 is 11.3 Å². The second-order valence-corrected chi connectivity index (χ2v) is 6.63. The lowest BCUT2D eigenvalue weighted by molar-refractivity contribution is 0.115. The maximum Gasteiger partial charge on any atom is 0.227 e. The van der Waals surface area contributed by atoms with Gasteiger partial charge in [0.15, 0.2) is 0 Å². The molecule has 1 aliphatic heterocycles. The summed E-state index contributed by atoms with van der Waals surface area (Å²) in [5.74, 6) is 1.46. The fourth-order valence-electron chi connectivity index (χ4n) is 2.89. The van der Waals surface area contributed by atoms with E-state index < -0.39 is 0 Å². The Hall–Kier alpha value is -1.24. The van der Waals surface area contributed by atoms with Crippen molar-refractivity contribution in [2.75, 3.05) is 19.6 Å². The summed E-state index contributed by atoms with van der Waals surface area (Å²) < 4.78 is 5.35. The molecule has 1 saturated heterocycles. The topological polar surface area (TPSA) is 54.2 Å². The number of piperazine rings is 1. The van der Waals surface area contributed by atoms with Crippen molar-refractivity contribution in [2.24, 2.45) is 0 Å². The van der Waals surface area contributed by atoms with Gasteiger partial charge in [0.2, 0.25) is 11.7 Å². The molecule has 3 heterocycles. The third-order valence-electron chi connectivity index (χ3n) is 4.03. The molecular formula is C15H22N4OS. The van der Waals surface area contributed by atoms with E-state index >= 15 is 0 Å². The maximum atomic E-state index is 5.35. The van der Waals surface area contributed by atoms with Gasteiger partial charge in [0.05, 0.1) is 4.88 Å². The minimum Gasteiger partial charge on any atom is -0.339 e. The molecular weight excluding hydrogens is 284 g/mol. The van der Waals surface area contributed by atoms with Crippen LogP contribution in [0.4, 0.5) is 0 Å². The van der Waals surface area contributed by atoms with E-state index in [9.17, 15) is 0 Å². The zero-order valence-corrected chi connectivity index (χ0v) is 13.4. The highest BCUT2D eigenvalue weighted by molar-refractivity contribution is 7.13. The van der Waals surface area contributed by atoms with Crippen molar-refractivity contribution in [1.29, 1.82) is 0 Å². The second-order valence-electron chi connectivity index (χ2n) is 5.69. The largest absolute Gasteiger partial charge is 0.339 e. The van der Waals surface area contributed by atoms with Crippen molar-refractivity contribution in [3.8, 4) is 10.7 Å². The summed E-state index contributed by atoms with van der Waals surface area (Å²) >= 11 is 1.64. The van der Waals surface area contributed by atoms with Crippen molar-refractivity contribution in [3.05, 3.63) is 23.4 Å². The molecule has 0 aromatic carbocycles. The van der Waals surface area contributed by atoms with Crippen LogP contribution in [0, 0.1) is 0 Å². The zero-order valence-electron chi connectivity index (χ0n) is 12.6. The third-order valence-corrected chi connectivity index (χ3v) is 4.89. The average molecular weight is 306 g/mol. The molecule has 0 bridgehead atoms. The van der Waals surface area contributed by atoms with Crippen LogP contribution in [0.25, 0.3) is 10.7 Å². The van der Waals surface area contributed by atoms with Crippen LogP contribution in [0.1, 0.15) is 26.2 Å². The molecule has 0 radical (unpaired) electrons. The number of nitrogens with zero attached hydrogens (tertiary/aromatic N) is 3. The molecule has 2 atom stereocenters. The fraction of sp³-hybridized carbons (Fsp3) is 0.600. The summed E-state index contributed by atoms with van der Waals surface area (Å²) in [5.41, 5.74) is 0. The number of hydrogen-bond donors (Lipinski definition) is 1. The highest BCUT2D eigenvalue weighted by Gasteiger charge is 2.23. The van der Waals surface area contributed by atoms with E-state index in [0.717, 1.165) is 43.2 Å². The van der Waals surface area contributed by atoms with Crippen LogP contribution in [0.5, 0.6) is 0 Å². The fourth-order valence-corrected chi connectivity index (χ4v) is 3.54. The highest BCUT2D eigenvalue weighted by Crippen LogP contribution is 2.21. The smallest absolute Gasteiger partial charge is 0.227 e. The molecule has 0 spiro atoms. The zero-order chi connectivity index (χ0) is 14.7. The number of aryl methyl sites for hydroxylation is 1. The van der Waals surface area contributed by atoms with Gasteiger partial charge in [-0.3, -0.25) is 4.90 Å². The molecule has 1 fully saturated rings. The van der Waals surface area contributed by atoms with Gasteiger partial charge in [-0.2, -0.15) is 4.98 Å². The molecule has 5 nitrogen and oxygen atoms in total. The summed E-state index contributed by atoms with van der Waals surface area (Å²) in [4.78, 5) is 8.10. The first kappa shape index (κ1) is 14.7. The monoisotopic (exact) mass is 306 g/mol. The van der Waals surface area contributed by atoms with E-state index in [0.29, 0.717) is 17.9 Å². The van der Waals surface area contributed by atoms with Crippen LogP contribution < -0.4 is 5.32 Å². The molecule has 1 aliphatic rings. The Bertz CT molecular complexity index is 544. The molecule has 2 unspecified atom stereocenters. The van der Waals surface area contributed by atoms with Crippen LogP contribution in [0.15, 0.2) is 22.0 Å². The van der Waals surface area contributed by atoms with Crippen molar-refractivity contribution in [3.63, 3.8) is 0 Å². The Morgan fingerprint density at radius 2 is 2.19 bits per heavy atom. The van der Waals surface area contributed by atoms with Gasteiger partial charge in [-0.25, -0.2) is 0 Å². The molecule has 3 rings (SSSR count). The van der Waals surface area contributed by atoms with E-state index in [2.05, 4.69) is 34.2 Å². The third kappa shape index (κ3) is 3.51. The first-order valence-electron chi connectivity index (χ1n) is 7.57. The van der Waals surface area contributed by atoms with Gasteiger partial charge in [0, 0.05) is 31.6 Å². The molecule has 0 aliphatic carbocycles. The Morgan fingerprint density at radius 3 is 2.90 bits per heavy atom. The van der Waals surface area contributed by atoms with Gasteiger partial charge in [0.25, 0.3) is 0 Å². The lowest BCUT2D eigenvalue weighted by Gasteiger charge is -2.39. The molecule has 6 heteroatoms. The van der Waals surface area contributed by atoms with Crippen LogP contribution in [0.3, 0.4) is 0 Å². The van der Waals surface area contributed by atoms with Gasteiger partial charge in [-0.1, -0.05) is 11.2 Å². The lowest BCUT2D eigenvalue weighted by Crippen LogP contribution is -2.55. The van der Waals surface area contributed by atoms with Crippen molar-refractivity contribution < 1.29 is 4.52 Å². The number of thiophene rings is 1. The number of nitrogens with one attached hydrogen (secondary N) is 1. The van der Waals surface area contributed by atoms with Crippen LogP contribution in [-0.2, 0) is 6.42 Å². The van der Waals surface area contributed by atoms with E-state index in [1.165, 1.54) is 0 Å². The molecule has 0 amide bonds. The summed E-state index contributed by atoms with van der Waals surface area (Å²) in [6, 6.07) is 5.21. The minimum atomic E-state index is 0.595. The van der Waals surface area contributed by atoms with Crippen LogP contribution in [0.2, 0.25) is 0 Å². The molecule has 0 saturated carbocycles. The van der Waals surface area contributed by atoms with Gasteiger partial charge >= 0.3 is 0 Å². The molecule has 21 heavy (non-hydrogen) atoms. The van der Waals surface area contributed by atoms with E-state index in [-0.39, 0.29) is 0 Å². The summed E-state index contributed by atoms with van der Waals surface area (Å²) in [6.07, 6.45) is 1.91. The Kier molecular flexibility index (Phi) is 4.67. The summed E-state index contributed by atoms with van der Waals surface area (Å²) in [6.45, 7) is 7.80. The van der Waals surface area contributed by atoms with E-state index in [1.807, 2.05) is 17.5 Å². The number of rotatable bonds is 5. The Morgan fingerprint density at radius 1 is 1.38 bits per heavy atom. The molecule has 114 valence electrons. The minimum absolute atomic E-state index is 0.595. The lowest BCUT2D eigenvalue weighted by atomic mass is 10.1. The average Bonchev–Trinajstić information content (AvgIpc) is 3.12. The standard InChI is InChI=1S/C15H22N4OS/c1-11-9-16-10-12(2)19(11)7-3-6-14-17-15(18-20-14)13-5-4-8-21-13/h4-5,8,11-12,16H,3,6-7,9-10H2,1-2H3. The van der Waals surface area contributed by atoms with Gasteiger partial charge in [-0.05, 0) is 38.3 Å². The Balaban J connectivity index is 1.51. The summed E-state index contributed by atoms with van der Waals surface area (Å²) in [5, 5.41) is 9.54. The first-order chi connectivity index (χ1) is 10.2. The van der Waals surface area contributed by atoms with Gasteiger partial charge in [-0.15, -0.1) is 11.3 Å².